The molecule has 3 aromatic carbocycles. The summed E-state index contributed by atoms with van der Waals surface area (Å²) in [6.45, 7) is 0. The Balaban J connectivity index is 1.82. The van der Waals surface area contributed by atoms with Gasteiger partial charge in [-0.15, -0.1) is 0 Å². The summed E-state index contributed by atoms with van der Waals surface area (Å²) in [5.41, 5.74) is 6.14. The van der Waals surface area contributed by atoms with E-state index in [1.54, 1.807) is 0 Å². The van der Waals surface area contributed by atoms with Gasteiger partial charge in [0.15, 0.2) is 5.82 Å². The number of aromatic nitrogens is 4. The summed E-state index contributed by atoms with van der Waals surface area (Å²) in [6, 6.07) is 8.59. The third-order valence-corrected chi connectivity index (χ3v) is 6.90. The molecule has 2 aromatic heterocycles. The van der Waals surface area contributed by atoms with Crippen LogP contribution in [-0.4, -0.2) is 34.0 Å². The molecule has 0 aliphatic carbocycles. The summed E-state index contributed by atoms with van der Waals surface area (Å²) < 4.78 is 71.1. The van der Waals surface area contributed by atoms with E-state index < -0.39 is 39.1 Å². The molecule has 9 nitrogen and oxygen atoms in total. The van der Waals surface area contributed by atoms with E-state index in [9.17, 15) is 26.4 Å². The Kier molecular flexibility index (Phi) is 6.61. The van der Waals surface area contributed by atoms with Gasteiger partial charge in [-0.05, 0) is 48.4 Å². The fraction of sp³-hybridized carbons (Fsp3) is 0.160. The molecule has 0 fully saturated rings. The van der Waals surface area contributed by atoms with Crippen LogP contribution in [0.4, 0.5) is 19.0 Å². The van der Waals surface area contributed by atoms with Crippen molar-refractivity contribution in [3.63, 3.8) is 0 Å². The summed E-state index contributed by atoms with van der Waals surface area (Å²) in [6.07, 6.45) is 0.800. The van der Waals surface area contributed by atoms with E-state index in [4.69, 9.17) is 17.3 Å². The summed E-state index contributed by atoms with van der Waals surface area (Å²) in [7, 11) is -2.23. The fourth-order valence-electron chi connectivity index (χ4n) is 4.53. The monoisotopic (exact) mass is 576 g/mol. The van der Waals surface area contributed by atoms with E-state index in [-0.39, 0.29) is 56.1 Å². The van der Waals surface area contributed by atoms with Crippen molar-refractivity contribution in [2.24, 2.45) is 12.8 Å². The number of anilines is 1. The van der Waals surface area contributed by atoms with Gasteiger partial charge < -0.3 is 5.73 Å². The van der Waals surface area contributed by atoms with E-state index >= 15 is 0 Å². The minimum Gasteiger partial charge on any atom is -0.321 e. The Hall–Kier alpha value is -3.94. The Bertz CT molecular complexity index is 1940. The van der Waals surface area contributed by atoms with Crippen molar-refractivity contribution in [3.05, 3.63) is 92.7 Å². The number of benzene rings is 3. The quantitative estimate of drug-likeness (QED) is 0.315. The number of hydrogen-bond donors (Lipinski definition) is 2. The van der Waals surface area contributed by atoms with E-state index in [2.05, 4.69) is 14.8 Å². The first-order valence-electron chi connectivity index (χ1n) is 11.4. The Morgan fingerprint density at radius 1 is 1.10 bits per heavy atom. The smallest absolute Gasteiger partial charge is 0.266 e. The van der Waals surface area contributed by atoms with Crippen molar-refractivity contribution in [2.75, 3.05) is 11.0 Å². The summed E-state index contributed by atoms with van der Waals surface area (Å²) in [5.74, 6) is -2.57. The number of halogens is 4. The Morgan fingerprint density at radius 2 is 1.79 bits per heavy atom. The van der Waals surface area contributed by atoms with Crippen LogP contribution in [-0.2, 0) is 23.5 Å². The van der Waals surface area contributed by atoms with Gasteiger partial charge in [-0.25, -0.2) is 26.6 Å². The maximum absolute atomic E-state index is 14.8. The zero-order chi connectivity index (χ0) is 28.2. The lowest BCUT2D eigenvalue weighted by atomic mass is 10.0. The van der Waals surface area contributed by atoms with E-state index in [1.807, 2.05) is 0 Å². The largest absolute Gasteiger partial charge is 0.321 e. The third kappa shape index (κ3) is 4.95. The van der Waals surface area contributed by atoms with Crippen LogP contribution in [0.1, 0.15) is 17.4 Å². The molecule has 5 aromatic rings. The molecule has 0 spiro atoms. The second kappa shape index (κ2) is 9.67. The number of para-hydroxylation sites is 1. The number of aryl methyl sites for hydroxylation is 1. The van der Waals surface area contributed by atoms with Gasteiger partial charge in [0.25, 0.3) is 5.56 Å². The molecule has 0 saturated carbocycles. The summed E-state index contributed by atoms with van der Waals surface area (Å²) in [4.78, 5) is 18.2. The second-order valence-corrected chi connectivity index (χ2v) is 11.1. The first-order chi connectivity index (χ1) is 18.3. The Morgan fingerprint density at radius 3 is 2.46 bits per heavy atom. The van der Waals surface area contributed by atoms with Gasteiger partial charge >= 0.3 is 0 Å². The predicted octanol–water partition coefficient (Wildman–Crippen LogP) is 3.96. The van der Waals surface area contributed by atoms with Crippen LogP contribution in [0.2, 0.25) is 5.02 Å². The molecule has 2 heterocycles. The van der Waals surface area contributed by atoms with Crippen LogP contribution in [0.5, 0.6) is 0 Å². The number of nitrogens with one attached hydrogen (secondary N) is 1. The Labute approximate surface area is 224 Å². The summed E-state index contributed by atoms with van der Waals surface area (Å²) in [5, 5.41) is 4.50. The molecule has 0 aliphatic rings. The molecule has 3 N–H and O–H groups in total. The van der Waals surface area contributed by atoms with Gasteiger partial charge in [0.2, 0.25) is 10.0 Å². The predicted molar refractivity (Wildman–Crippen MR) is 142 cm³/mol. The van der Waals surface area contributed by atoms with Crippen molar-refractivity contribution < 1.29 is 21.6 Å². The highest BCUT2D eigenvalue weighted by Gasteiger charge is 2.25. The SMILES string of the molecule is Cn1nc(NS(C)(=O)=O)c2c(Cl)ccc(-n3c([C@@H](N)Cc4cc(F)cc(F)c4)nc4c(F)cccc4c3=O)c21. The molecule has 39 heavy (non-hydrogen) atoms. The van der Waals surface area contributed by atoms with Crippen molar-refractivity contribution >= 4 is 49.2 Å². The molecule has 0 bridgehead atoms. The number of fused-ring (bicyclic) bond motifs is 2. The molecule has 1 atom stereocenters. The number of nitrogens with two attached hydrogens (primary N) is 1. The first kappa shape index (κ1) is 26.7. The molecule has 0 radical (unpaired) electrons. The topological polar surface area (TPSA) is 125 Å². The van der Waals surface area contributed by atoms with Crippen molar-refractivity contribution in [1.29, 1.82) is 0 Å². The van der Waals surface area contributed by atoms with Gasteiger partial charge in [-0.3, -0.25) is 18.8 Å². The van der Waals surface area contributed by atoms with Crippen molar-refractivity contribution in [3.8, 4) is 5.69 Å². The average molecular weight is 577 g/mol. The minimum absolute atomic E-state index is 0.0532. The zero-order valence-corrected chi connectivity index (χ0v) is 22.0. The molecule has 0 unspecified atom stereocenters. The third-order valence-electron chi connectivity index (χ3n) is 6.02. The number of sulfonamides is 1. The van der Waals surface area contributed by atoms with Crippen LogP contribution in [0.25, 0.3) is 27.5 Å². The average Bonchev–Trinajstić information content (AvgIpc) is 3.14. The highest BCUT2D eigenvalue weighted by molar-refractivity contribution is 7.92. The molecular formula is C25H20ClF3N6O3S. The van der Waals surface area contributed by atoms with Crippen LogP contribution >= 0.6 is 11.6 Å². The van der Waals surface area contributed by atoms with Gasteiger partial charge in [-0.1, -0.05) is 17.7 Å². The lowest BCUT2D eigenvalue weighted by molar-refractivity contribution is 0.572. The molecule has 0 amide bonds. The van der Waals surface area contributed by atoms with Gasteiger partial charge in [0.1, 0.15) is 28.8 Å². The zero-order valence-electron chi connectivity index (χ0n) is 20.4. The van der Waals surface area contributed by atoms with Crippen LogP contribution in [0.3, 0.4) is 0 Å². The lowest BCUT2D eigenvalue weighted by Crippen LogP contribution is -2.30. The van der Waals surface area contributed by atoms with Crippen molar-refractivity contribution in [1.82, 2.24) is 19.3 Å². The first-order valence-corrected chi connectivity index (χ1v) is 13.7. The molecular weight excluding hydrogens is 557 g/mol. The van der Waals surface area contributed by atoms with E-state index in [0.717, 1.165) is 29.0 Å². The standard InChI is InChI=1S/C25H20ClF3N6O3S/c1-34-22-19(7-6-16(26)20(22)23(32-34)33-39(2,37)38)35-24(18(30)10-12-8-13(27)11-14(28)9-12)31-21-15(25(35)36)4-3-5-17(21)29/h3-9,11,18H,10,30H2,1-2H3,(H,32,33)/t18-/m0/s1. The van der Waals surface area contributed by atoms with Gasteiger partial charge in [0.05, 0.1) is 39.3 Å². The minimum atomic E-state index is -3.74. The highest BCUT2D eigenvalue weighted by Crippen LogP contribution is 2.35. The molecule has 0 saturated heterocycles. The summed E-state index contributed by atoms with van der Waals surface area (Å²) >= 11 is 6.42. The van der Waals surface area contributed by atoms with Gasteiger partial charge in [0, 0.05) is 13.1 Å². The van der Waals surface area contributed by atoms with Crippen LogP contribution < -0.4 is 16.0 Å². The maximum atomic E-state index is 14.8. The number of nitrogens with zero attached hydrogens (tertiary/aromatic N) is 4. The normalized spacial score (nSPS) is 12.8. The van der Waals surface area contributed by atoms with Crippen molar-refractivity contribution in [2.45, 2.75) is 12.5 Å². The molecule has 14 heteroatoms. The second-order valence-electron chi connectivity index (χ2n) is 8.97. The maximum Gasteiger partial charge on any atom is 0.266 e. The lowest BCUT2D eigenvalue weighted by Gasteiger charge is -2.20. The fourth-order valence-corrected chi connectivity index (χ4v) is 5.27. The molecule has 0 aliphatic heterocycles. The van der Waals surface area contributed by atoms with E-state index in [1.165, 1.54) is 36.0 Å². The van der Waals surface area contributed by atoms with Crippen LogP contribution in [0, 0.1) is 17.5 Å². The van der Waals surface area contributed by atoms with Crippen LogP contribution in [0.15, 0.2) is 53.3 Å². The van der Waals surface area contributed by atoms with E-state index in [0.29, 0.717) is 6.07 Å². The molecule has 5 rings (SSSR count). The highest BCUT2D eigenvalue weighted by atomic mass is 35.5. The van der Waals surface area contributed by atoms with Gasteiger partial charge in [-0.2, -0.15) is 5.10 Å². The number of hydrogen-bond acceptors (Lipinski definition) is 6. The molecule has 202 valence electrons. The number of rotatable bonds is 6.